The zero-order valence-corrected chi connectivity index (χ0v) is 15.3. The van der Waals surface area contributed by atoms with E-state index in [-0.39, 0.29) is 4.70 Å². The lowest BCUT2D eigenvalue weighted by molar-refractivity contribution is 0.447. The molecule has 1 nitrogen and oxygen atoms in total. The highest BCUT2D eigenvalue weighted by Crippen LogP contribution is 2.29. The summed E-state index contributed by atoms with van der Waals surface area (Å²) < 4.78 is 6.34. The molecule has 0 aliphatic heterocycles. The Morgan fingerprint density at radius 3 is 1.18 bits per heavy atom. The van der Waals surface area contributed by atoms with Gasteiger partial charge >= 0.3 is 0 Å². The Morgan fingerprint density at radius 2 is 0.864 bits per heavy atom. The Kier molecular flexibility index (Phi) is 12.3. The van der Waals surface area contributed by atoms with Crippen molar-refractivity contribution in [3.8, 4) is 0 Å². The second kappa shape index (κ2) is 12.7. The number of hydrogen-bond donors (Lipinski definition) is 0. The Hall–Kier alpha value is -0.790. The van der Waals surface area contributed by atoms with Gasteiger partial charge in [-0.05, 0) is 49.7 Å². The predicted octanol–water partition coefficient (Wildman–Crippen LogP) is 6.80. The van der Waals surface area contributed by atoms with Crippen molar-refractivity contribution >= 4 is 0 Å². The van der Waals surface area contributed by atoms with Crippen LogP contribution in [0.15, 0.2) is 4.42 Å². The molecule has 0 spiro atoms. The van der Waals surface area contributed by atoms with Gasteiger partial charge < -0.3 is 4.42 Å². The van der Waals surface area contributed by atoms with Crippen LogP contribution in [0.3, 0.4) is 0 Å². The number of unbranched alkanes of at least 4 members (excludes halogenated alkanes) is 4. The highest BCUT2D eigenvalue weighted by atomic mass is 19.0. The van der Waals surface area contributed by atoms with Crippen LogP contribution in [-0.2, 0) is 25.7 Å². The molecule has 0 aliphatic rings. The van der Waals surface area contributed by atoms with Crippen molar-refractivity contribution < 1.29 is 9.12 Å². The summed E-state index contributed by atoms with van der Waals surface area (Å²) in [6.07, 6.45) is 14.9. The van der Waals surface area contributed by atoms with Crippen LogP contribution in [0.5, 0.6) is 0 Å². The van der Waals surface area contributed by atoms with Crippen LogP contribution < -0.4 is 0 Å². The van der Waals surface area contributed by atoms with E-state index in [1.807, 2.05) is 0 Å². The molecule has 0 N–H and O–H groups in total. The first-order chi connectivity index (χ1) is 10.3. The van der Waals surface area contributed by atoms with Crippen molar-refractivity contribution in [3.63, 3.8) is 0 Å². The lowest BCUT2D eigenvalue weighted by atomic mass is 9.95. The highest BCUT2D eigenvalue weighted by molar-refractivity contribution is 5.34. The van der Waals surface area contributed by atoms with Crippen LogP contribution in [0, 0.1) is 0 Å². The maximum Gasteiger partial charge on any atom is 0.107 e. The highest BCUT2D eigenvalue weighted by Gasteiger charge is 2.18. The van der Waals surface area contributed by atoms with E-state index < -0.39 is 0 Å². The lowest BCUT2D eigenvalue weighted by Crippen LogP contribution is -1.98. The van der Waals surface area contributed by atoms with Gasteiger partial charge in [0.25, 0.3) is 0 Å². The summed E-state index contributed by atoms with van der Waals surface area (Å²) in [5, 5.41) is 0. The van der Waals surface area contributed by atoms with Crippen LogP contribution in [0.1, 0.15) is 102 Å². The molecular weight excluding hydrogens is 275 g/mol. The molecule has 0 bridgehead atoms. The van der Waals surface area contributed by atoms with E-state index in [0.29, 0.717) is 0 Å². The first-order valence-corrected chi connectivity index (χ1v) is 9.40. The average Bonchev–Trinajstić information content (AvgIpc) is 2.83. The fraction of sp³-hybridized carbons (Fsp3) is 0.800. The monoisotopic (exact) mass is 312 g/mol. The number of furan rings is 1. The molecule has 2 heteroatoms. The van der Waals surface area contributed by atoms with Crippen molar-refractivity contribution in [2.45, 2.75) is 105 Å². The molecule has 1 aromatic heterocycles. The molecule has 0 aromatic carbocycles. The number of rotatable bonds is 12. The summed E-state index contributed by atoms with van der Waals surface area (Å²) >= 11 is 0. The van der Waals surface area contributed by atoms with Crippen molar-refractivity contribution in [1.29, 1.82) is 0 Å². The molecule has 0 saturated carbocycles. The maximum absolute atomic E-state index is 6.34. The molecule has 0 atom stereocenters. The van der Waals surface area contributed by atoms with Gasteiger partial charge in [-0.15, -0.1) is 0 Å². The zero-order valence-electron chi connectivity index (χ0n) is 15.3. The lowest BCUT2D eigenvalue weighted by Gasteiger charge is -2.06. The molecule has 1 heterocycles. The van der Waals surface area contributed by atoms with E-state index in [1.54, 1.807) is 11.1 Å². The van der Waals surface area contributed by atoms with E-state index in [2.05, 4.69) is 27.7 Å². The molecule has 0 radical (unpaired) electrons. The fourth-order valence-electron chi connectivity index (χ4n) is 2.97. The molecular formula is C20H37FO. The van der Waals surface area contributed by atoms with Crippen LogP contribution in [0.25, 0.3) is 0 Å². The van der Waals surface area contributed by atoms with Crippen molar-refractivity contribution in [2.24, 2.45) is 0 Å². The first kappa shape index (κ1) is 21.2. The van der Waals surface area contributed by atoms with Crippen LogP contribution >= 0.6 is 0 Å². The second-order valence-electron chi connectivity index (χ2n) is 6.32. The fourth-order valence-corrected chi connectivity index (χ4v) is 2.97. The van der Waals surface area contributed by atoms with Gasteiger partial charge in [-0.2, -0.15) is 0 Å². The smallest absolute Gasteiger partial charge is 0.107 e. The molecule has 0 aliphatic carbocycles. The van der Waals surface area contributed by atoms with Gasteiger partial charge in [-0.25, -0.2) is 0 Å². The Labute approximate surface area is 137 Å². The largest absolute Gasteiger partial charge is 0.466 e. The zero-order chi connectivity index (χ0) is 15.5. The third-order valence-corrected chi connectivity index (χ3v) is 4.36. The summed E-state index contributed by atoms with van der Waals surface area (Å²) in [7, 11) is 0. The normalized spacial score (nSPS) is 10.7. The van der Waals surface area contributed by atoms with Crippen molar-refractivity contribution in [3.05, 3.63) is 22.6 Å². The van der Waals surface area contributed by atoms with E-state index in [9.17, 15) is 0 Å². The summed E-state index contributed by atoms with van der Waals surface area (Å²) in [6.45, 7) is 9.11. The van der Waals surface area contributed by atoms with Crippen LogP contribution in [0.2, 0.25) is 0 Å². The molecule has 0 amide bonds. The molecule has 0 fully saturated rings. The third kappa shape index (κ3) is 6.54. The van der Waals surface area contributed by atoms with Crippen molar-refractivity contribution in [1.82, 2.24) is 0 Å². The van der Waals surface area contributed by atoms with Crippen LogP contribution in [-0.4, -0.2) is 0 Å². The number of halogens is 1. The summed E-state index contributed by atoms with van der Waals surface area (Å²) in [5.74, 6) is 2.64. The van der Waals surface area contributed by atoms with Gasteiger partial charge in [0, 0.05) is 12.8 Å². The van der Waals surface area contributed by atoms with Crippen LogP contribution in [0.4, 0.5) is 4.70 Å². The number of aryl methyl sites for hydroxylation is 2. The van der Waals surface area contributed by atoms with E-state index >= 15 is 0 Å². The van der Waals surface area contributed by atoms with Gasteiger partial charge in [0.2, 0.25) is 0 Å². The van der Waals surface area contributed by atoms with Gasteiger partial charge in [0.05, 0.1) is 0 Å². The van der Waals surface area contributed by atoms with Crippen molar-refractivity contribution in [2.75, 3.05) is 0 Å². The van der Waals surface area contributed by atoms with Gasteiger partial charge in [-0.1, -0.05) is 53.4 Å². The standard InChI is InChI=1S/C20H36O.FH/c1-5-9-13-17-18(14-10-6-2)20(16-12-8-4)21-19(17)15-11-7-3;/h5-16H2,1-4H3;1H. The molecule has 0 unspecified atom stereocenters. The third-order valence-electron chi connectivity index (χ3n) is 4.36. The maximum atomic E-state index is 6.34. The SMILES string of the molecule is CCCCc1oc(CCCC)c(CCCC)c1CCCC.F. The van der Waals surface area contributed by atoms with E-state index in [1.165, 1.54) is 75.7 Å². The summed E-state index contributed by atoms with van der Waals surface area (Å²) in [4.78, 5) is 0. The number of hydrogen-bond acceptors (Lipinski definition) is 1. The molecule has 0 saturated heterocycles. The minimum atomic E-state index is 0. The average molecular weight is 313 g/mol. The van der Waals surface area contributed by atoms with Gasteiger partial charge in [0.15, 0.2) is 0 Å². The minimum absolute atomic E-state index is 0. The van der Waals surface area contributed by atoms with E-state index in [4.69, 9.17) is 4.42 Å². The summed E-state index contributed by atoms with van der Waals surface area (Å²) in [6, 6.07) is 0. The quantitative estimate of drug-likeness (QED) is 0.413. The Balaban J connectivity index is 0.00000441. The van der Waals surface area contributed by atoms with E-state index in [0.717, 1.165) is 12.8 Å². The first-order valence-electron chi connectivity index (χ1n) is 9.40. The second-order valence-corrected chi connectivity index (χ2v) is 6.32. The van der Waals surface area contributed by atoms with Gasteiger partial charge in [0.1, 0.15) is 11.5 Å². The Bertz CT molecular complexity index is 347. The topological polar surface area (TPSA) is 13.1 Å². The molecule has 130 valence electrons. The molecule has 1 rings (SSSR count). The molecule has 1 aromatic rings. The Morgan fingerprint density at radius 1 is 0.545 bits per heavy atom. The van der Waals surface area contributed by atoms with Gasteiger partial charge in [-0.3, -0.25) is 4.70 Å². The summed E-state index contributed by atoms with van der Waals surface area (Å²) in [5.41, 5.74) is 3.18. The molecule has 22 heavy (non-hydrogen) atoms. The minimum Gasteiger partial charge on any atom is -0.466 e. The predicted molar refractivity (Wildman–Crippen MR) is 95.7 cm³/mol.